The molecule has 0 amide bonds. The fraction of sp³-hybridized carbons (Fsp3) is 0. The molecule has 5 heteroatoms. The molecular formula is C54H37BNOSSi-. The summed E-state index contributed by atoms with van der Waals surface area (Å²) in [5.74, 6) is 1.85. The van der Waals surface area contributed by atoms with Gasteiger partial charge in [0.25, 0.3) is 0 Å². The van der Waals surface area contributed by atoms with Crippen LogP contribution in [0.2, 0.25) is 0 Å². The fourth-order valence-corrected chi connectivity index (χ4v) is 17.5. The fourth-order valence-electron chi connectivity index (χ4n) is 10.4. The zero-order valence-corrected chi connectivity index (χ0v) is 34.2. The Hall–Kier alpha value is -6.79. The van der Waals surface area contributed by atoms with Crippen molar-refractivity contribution in [2.75, 3.05) is 4.90 Å². The van der Waals surface area contributed by atoms with E-state index in [2.05, 4.69) is 223 Å². The summed E-state index contributed by atoms with van der Waals surface area (Å²) < 4.78 is 6.99. The van der Waals surface area contributed by atoms with Crippen LogP contribution in [-0.4, -0.2) is 14.8 Å². The number of hydrogen-bond acceptors (Lipinski definition) is 3. The Morgan fingerprint density at radius 3 is 1.56 bits per heavy atom. The van der Waals surface area contributed by atoms with E-state index in [4.69, 9.17) is 4.74 Å². The summed E-state index contributed by atoms with van der Waals surface area (Å²) in [7, 11) is -3.20. The predicted molar refractivity (Wildman–Crippen MR) is 252 cm³/mol. The van der Waals surface area contributed by atoms with Gasteiger partial charge in [-0.3, -0.25) is 0 Å². The Labute approximate surface area is 350 Å². The summed E-state index contributed by atoms with van der Waals surface area (Å²) in [6, 6.07) is 80.8. The van der Waals surface area contributed by atoms with Gasteiger partial charge in [0, 0.05) is 0 Å². The van der Waals surface area contributed by atoms with Gasteiger partial charge in [-0.1, -0.05) is 36.4 Å². The predicted octanol–water partition coefficient (Wildman–Crippen LogP) is 9.00. The largest absolute Gasteiger partial charge is 0.0617 e. The van der Waals surface area contributed by atoms with Crippen LogP contribution in [0.1, 0.15) is 0 Å². The van der Waals surface area contributed by atoms with E-state index in [0.29, 0.717) is 0 Å². The molecule has 9 aromatic carbocycles. The molecule has 278 valence electrons. The number of ether oxygens (including phenoxy) is 1. The first kappa shape index (κ1) is 34.3. The van der Waals surface area contributed by atoms with Gasteiger partial charge < -0.3 is 0 Å². The first-order valence-corrected chi connectivity index (χ1v) is 23.6. The normalized spacial score (nSPS) is 14.4. The van der Waals surface area contributed by atoms with Crippen LogP contribution in [0.15, 0.2) is 228 Å². The van der Waals surface area contributed by atoms with Crippen molar-refractivity contribution in [3.8, 4) is 33.8 Å². The molecule has 0 radical (unpaired) electrons. The second-order valence-corrected chi connectivity index (χ2v) is 21.2. The van der Waals surface area contributed by atoms with E-state index >= 15 is 0 Å². The van der Waals surface area contributed by atoms with Crippen molar-refractivity contribution in [2.24, 2.45) is 0 Å². The van der Waals surface area contributed by atoms with Crippen LogP contribution < -0.4 is 46.8 Å². The van der Waals surface area contributed by atoms with Crippen LogP contribution in [-0.2, 0) is 0 Å². The van der Waals surface area contributed by atoms with Gasteiger partial charge in [-0.05, 0) is 0 Å². The number of para-hydroxylation sites is 2. The second-order valence-electron chi connectivity index (χ2n) is 15.8. The van der Waals surface area contributed by atoms with Gasteiger partial charge in [0.05, 0.1) is 0 Å². The van der Waals surface area contributed by atoms with Crippen LogP contribution in [0.4, 0.5) is 17.1 Å². The average molecular weight is 787 g/mol. The number of hydrogen-bond donors (Lipinski definition) is 0. The third-order valence-corrected chi connectivity index (χ3v) is 19.6. The van der Waals surface area contributed by atoms with Crippen molar-refractivity contribution in [3.05, 3.63) is 218 Å². The van der Waals surface area contributed by atoms with E-state index in [0.717, 1.165) is 22.6 Å². The van der Waals surface area contributed by atoms with Crippen molar-refractivity contribution in [1.82, 2.24) is 0 Å². The molecule has 3 heterocycles. The van der Waals surface area contributed by atoms with E-state index in [1.807, 2.05) is 11.8 Å². The molecule has 59 heavy (non-hydrogen) atoms. The van der Waals surface area contributed by atoms with Crippen molar-refractivity contribution in [3.63, 3.8) is 0 Å². The molecule has 3 aliphatic heterocycles. The summed E-state index contributed by atoms with van der Waals surface area (Å²) in [6.07, 6.45) is 0. The molecule has 9 aromatic rings. The van der Waals surface area contributed by atoms with Crippen molar-refractivity contribution in [2.45, 2.75) is 9.79 Å². The maximum atomic E-state index is 6.99. The Balaban J connectivity index is 1.11. The number of fused-ring (bicyclic) bond motifs is 6. The minimum absolute atomic E-state index is 0.00820. The van der Waals surface area contributed by atoms with Crippen LogP contribution >= 0.6 is 11.8 Å². The van der Waals surface area contributed by atoms with Crippen molar-refractivity contribution < 1.29 is 4.74 Å². The summed E-state index contributed by atoms with van der Waals surface area (Å²) in [6.45, 7) is 0.00820. The molecular weight excluding hydrogens is 750 g/mol. The Bertz CT molecular complexity index is 2980. The molecule has 12 rings (SSSR count). The van der Waals surface area contributed by atoms with E-state index in [1.165, 1.54) is 75.1 Å². The molecule has 0 saturated carbocycles. The molecule has 0 aromatic heterocycles. The van der Waals surface area contributed by atoms with Gasteiger partial charge in [-0.25, -0.2) is 0 Å². The first-order valence-electron chi connectivity index (χ1n) is 20.4. The minimum Gasteiger partial charge on any atom is -0.0617 e. The van der Waals surface area contributed by atoms with Crippen molar-refractivity contribution in [1.29, 1.82) is 0 Å². The zero-order chi connectivity index (χ0) is 38.9. The molecule has 0 unspecified atom stereocenters. The van der Waals surface area contributed by atoms with Gasteiger partial charge in [-0.2, -0.15) is 0 Å². The van der Waals surface area contributed by atoms with Crippen LogP contribution in [0.5, 0.6) is 11.5 Å². The summed E-state index contributed by atoms with van der Waals surface area (Å²) in [5, 5.41) is 5.68. The van der Waals surface area contributed by atoms with E-state index in [-0.39, 0.29) is 6.71 Å². The first-order chi connectivity index (χ1) is 29.3. The van der Waals surface area contributed by atoms with Crippen LogP contribution in [0.25, 0.3) is 22.3 Å². The zero-order valence-electron chi connectivity index (χ0n) is 32.2. The quantitative estimate of drug-likeness (QED) is 0.162. The van der Waals surface area contributed by atoms with E-state index in [1.54, 1.807) is 0 Å². The SMILES string of the molecule is c1ccc(-c2ccc3c(c2)Oc2cc(-c4ccccc4)cc4c2B3c2cccc(N3c5ccccc5[SiH-](c5ccccc5)(c5ccccc5)c5ccccc53)c2S4)cc1. The number of nitrogens with zero attached hydrogens (tertiary/aromatic N) is 1. The topological polar surface area (TPSA) is 12.5 Å². The van der Waals surface area contributed by atoms with E-state index in [9.17, 15) is 0 Å². The Morgan fingerprint density at radius 1 is 0.407 bits per heavy atom. The Morgan fingerprint density at radius 2 is 0.932 bits per heavy atom. The minimum atomic E-state index is -3.20. The van der Waals surface area contributed by atoms with Crippen molar-refractivity contribution >= 4 is 80.7 Å². The maximum absolute atomic E-state index is 6.99. The maximum Gasteiger partial charge on any atom is -0.0544 e. The molecule has 0 bridgehead atoms. The standard InChI is InChI=1S/C54H37BNOSSi/c1-5-18-37(19-6-1)39-32-33-43-48(34-39)57-49-35-40(38-20-7-2-8-21-38)36-50-53(49)55(43)44-26-17-29-47(54(44)58-50)56-45-27-13-15-30-51(45)59(41-22-9-3-10-23-41,42-24-11-4-12-25-42)52-31-16-14-28-46(52)56/h1-36,59H/q-1. The molecule has 0 saturated heterocycles. The molecule has 2 nitrogen and oxygen atoms in total. The molecule has 0 atom stereocenters. The van der Waals surface area contributed by atoms with Crippen LogP contribution in [0.3, 0.4) is 0 Å². The summed E-state index contributed by atoms with van der Waals surface area (Å²) in [4.78, 5) is 5.09. The molecule has 3 aliphatic rings. The monoisotopic (exact) mass is 786 g/mol. The second kappa shape index (κ2) is 13.7. The molecule has 0 N–H and O–H groups in total. The van der Waals surface area contributed by atoms with Crippen LogP contribution in [0, 0.1) is 0 Å². The number of rotatable bonds is 5. The number of anilines is 3. The molecule has 0 spiro atoms. The van der Waals surface area contributed by atoms with Gasteiger partial charge in [0.15, 0.2) is 0 Å². The van der Waals surface area contributed by atoms with Gasteiger partial charge in [-0.15, -0.1) is 0 Å². The molecule has 0 aliphatic carbocycles. The summed E-state index contributed by atoms with van der Waals surface area (Å²) >= 11 is 1.89. The van der Waals surface area contributed by atoms with Gasteiger partial charge in [0.1, 0.15) is 0 Å². The van der Waals surface area contributed by atoms with Gasteiger partial charge in [0.2, 0.25) is 0 Å². The Kier molecular flexibility index (Phi) is 7.94. The van der Waals surface area contributed by atoms with E-state index < -0.39 is 8.07 Å². The molecule has 0 fully saturated rings. The van der Waals surface area contributed by atoms with Gasteiger partial charge >= 0.3 is 316 Å². The average Bonchev–Trinajstić information content (AvgIpc) is 3.31. The summed E-state index contributed by atoms with van der Waals surface area (Å²) in [5.41, 5.74) is 12.1. The third kappa shape index (κ3) is 5.22. The smallest absolute Gasteiger partial charge is 0.0544 e. The third-order valence-electron chi connectivity index (χ3n) is 12.8. The number of benzene rings is 9.